The van der Waals surface area contributed by atoms with Gasteiger partial charge < -0.3 is 9.73 Å². The van der Waals surface area contributed by atoms with Crippen LogP contribution in [0.2, 0.25) is 5.02 Å². The van der Waals surface area contributed by atoms with E-state index in [2.05, 4.69) is 24.4 Å². The Kier molecular flexibility index (Phi) is 3.77. The Hall–Kier alpha value is -1.77. The highest BCUT2D eigenvalue weighted by Crippen LogP contribution is 2.23. The van der Waals surface area contributed by atoms with Gasteiger partial charge in [0.2, 0.25) is 0 Å². The van der Waals surface area contributed by atoms with E-state index in [1.54, 1.807) is 0 Å². The van der Waals surface area contributed by atoms with Crippen molar-refractivity contribution in [3.63, 3.8) is 0 Å². The molecule has 0 aliphatic carbocycles. The third kappa shape index (κ3) is 2.87. The summed E-state index contributed by atoms with van der Waals surface area (Å²) in [7, 11) is 0. The minimum Gasteiger partial charge on any atom is -0.459 e. The van der Waals surface area contributed by atoms with Crippen LogP contribution in [0.15, 0.2) is 59.0 Å². The maximum atomic E-state index is 5.88. The van der Waals surface area contributed by atoms with Crippen molar-refractivity contribution in [2.75, 3.05) is 0 Å². The SMILES string of the molecule is CC(NCc1ccc(Cl)cc1)c1cc2ccccc2o1. The van der Waals surface area contributed by atoms with Crippen molar-refractivity contribution in [1.82, 2.24) is 5.32 Å². The predicted octanol–water partition coefficient (Wildman–Crippen LogP) is 4.94. The van der Waals surface area contributed by atoms with Crippen LogP contribution in [-0.4, -0.2) is 0 Å². The summed E-state index contributed by atoms with van der Waals surface area (Å²) in [6.07, 6.45) is 0. The van der Waals surface area contributed by atoms with Gasteiger partial charge in [0.25, 0.3) is 0 Å². The van der Waals surface area contributed by atoms with E-state index in [0.29, 0.717) is 0 Å². The Labute approximate surface area is 123 Å². The minimum atomic E-state index is 0.165. The molecule has 0 spiro atoms. The highest BCUT2D eigenvalue weighted by Gasteiger charge is 2.10. The van der Waals surface area contributed by atoms with Crippen LogP contribution in [0.1, 0.15) is 24.3 Å². The summed E-state index contributed by atoms with van der Waals surface area (Å²) in [6, 6.07) is 18.2. The summed E-state index contributed by atoms with van der Waals surface area (Å²) >= 11 is 5.88. The van der Waals surface area contributed by atoms with E-state index in [-0.39, 0.29) is 6.04 Å². The van der Waals surface area contributed by atoms with Gasteiger partial charge >= 0.3 is 0 Å². The van der Waals surface area contributed by atoms with Crippen LogP contribution in [-0.2, 0) is 6.54 Å². The molecule has 1 atom stereocenters. The van der Waals surface area contributed by atoms with Gasteiger partial charge in [-0.1, -0.05) is 41.9 Å². The van der Waals surface area contributed by atoms with Crippen LogP contribution >= 0.6 is 11.6 Å². The molecular weight excluding hydrogens is 270 g/mol. The van der Waals surface area contributed by atoms with Gasteiger partial charge in [0.15, 0.2) is 0 Å². The molecule has 3 aromatic rings. The third-order valence-corrected chi connectivity index (χ3v) is 3.65. The molecule has 2 aromatic carbocycles. The van der Waals surface area contributed by atoms with Crippen molar-refractivity contribution in [2.24, 2.45) is 0 Å². The Morgan fingerprint density at radius 1 is 1.10 bits per heavy atom. The Morgan fingerprint density at radius 3 is 2.60 bits per heavy atom. The second kappa shape index (κ2) is 5.70. The quantitative estimate of drug-likeness (QED) is 0.735. The van der Waals surface area contributed by atoms with Gasteiger partial charge in [-0.25, -0.2) is 0 Å². The van der Waals surface area contributed by atoms with E-state index in [1.165, 1.54) is 5.56 Å². The van der Waals surface area contributed by atoms with Crippen molar-refractivity contribution >= 4 is 22.6 Å². The number of para-hydroxylation sites is 1. The molecule has 0 fully saturated rings. The Bertz CT molecular complexity index is 669. The molecule has 0 radical (unpaired) electrons. The number of hydrogen-bond donors (Lipinski definition) is 1. The first-order chi connectivity index (χ1) is 9.72. The zero-order valence-electron chi connectivity index (χ0n) is 11.3. The van der Waals surface area contributed by atoms with Crippen molar-refractivity contribution < 1.29 is 4.42 Å². The number of rotatable bonds is 4. The molecule has 2 nitrogen and oxygen atoms in total. The Morgan fingerprint density at radius 2 is 1.85 bits per heavy atom. The van der Waals surface area contributed by atoms with Crippen LogP contribution < -0.4 is 5.32 Å². The number of fused-ring (bicyclic) bond motifs is 1. The zero-order chi connectivity index (χ0) is 13.9. The van der Waals surface area contributed by atoms with E-state index < -0.39 is 0 Å². The van der Waals surface area contributed by atoms with Gasteiger partial charge in [-0.2, -0.15) is 0 Å². The third-order valence-electron chi connectivity index (χ3n) is 3.40. The highest BCUT2D eigenvalue weighted by molar-refractivity contribution is 6.30. The van der Waals surface area contributed by atoms with Gasteiger partial charge in [-0.15, -0.1) is 0 Å². The molecule has 1 aromatic heterocycles. The van der Waals surface area contributed by atoms with Crippen LogP contribution in [0, 0.1) is 0 Å². The van der Waals surface area contributed by atoms with Crippen LogP contribution in [0.3, 0.4) is 0 Å². The van der Waals surface area contributed by atoms with Crippen LogP contribution in [0.4, 0.5) is 0 Å². The topological polar surface area (TPSA) is 25.2 Å². The molecule has 1 unspecified atom stereocenters. The number of halogens is 1. The lowest BCUT2D eigenvalue weighted by Crippen LogP contribution is -2.17. The second-order valence-electron chi connectivity index (χ2n) is 4.92. The van der Waals surface area contributed by atoms with Gasteiger partial charge in [0.1, 0.15) is 11.3 Å². The molecule has 0 bridgehead atoms. The van der Waals surface area contributed by atoms with E-state index in [4.69, 9.17) is 16.0 Å². The smallest absolute Gasteiger partial charge is 0.134 e. The Balaban J connectivity index is 1.69. The summed E-state index contributed by atoms with van der Waals surface area (Å²) in [5, 5.41) is 5.36. The van der Waals surface area contributed by atoms with Gasteiger partial charge in [0, 0.05) is 17.0 Å². The molecule has 0 aliphatic rings. The van der Waals surface area contributed by atoms with Gasteiger partial charge in [-0.05, 0) is 36.8 Å². The maximum Gasteiger partial charge on any atom is 0.134 e. The predicted molar refractivity (Wildman–Crippen MR) is 82.9 cm³/mol. The highest BCUT2D eigenvalue weighted by atomic mass is 35.5. The molecule has 3 heteroatoms. The fraction of sp³-hybridized carbons (Fsp3) is 0.176. The summed E-state index contributed by atoms with van der Waals surface area (Å²) in [5.41, 5.74) is 2.14. The van der Waals surface area contributed by atoms with Crippen LogP contribution in [0.5, 0.6) is 0 Å². The summed E-state index contributed by atoms with van der Waals surface area (Å²) in [4.78, 5) is 0. The van der Waals surface area contributed by atoms with E-state index in [0.717, 1.165) is 28.3 Å². The molecule has 0 aliphatic heterocycles. The van der Waals surface area contributed by atoms with E-state index in [9.17, 15) is 0 Å². The monoisotopic (exact) mass is 285 g/mol. The van der Waals surface area contributed by atoms with E-state index >= 15 is 0 Å². The molecule has 0 amide bonds. The van der Waals surface area contributed by atoms with E-state index in [1.807, 2.05) is 42.5 Å². The van der Waals surface area contributed by atoms with Crippen LogP contribution in [0.25, 0.3) is 11.0 Å². The fourth-order valence-corrected chi connectivity index (χ4v) is 2.32. The van der Waals surface area contributed by atoms with Crippen molar-refractivity contribution in [1.29, 1.82) is 0 Å². The molecule has 0 saturated carbocycles. The molecule has 3 rings (SSSR count). The largest absolute Gasteiger partial charge is 0.459 e. The molecule has 20 heavy (non-hydrogen) atoms. The van der Waals surface area contributed by atoms with Crippen molar-refractivity contribution in [3.05, 3.63) is 70.9 Å². The average molecular weight is 286 g/mol. The first-order valence-electron chi connectivity index (χ1n) is 6.69. The fourth-order valence-electron chi connectivity index (χ4n) is 2.19. The van der Waals surface area contributed by atoms with Gasteiger partial charge in [-0.3, -0.25) is 0 Å². The summed E-state index contributed by atoms with van der Waals surface area (Å²) in [6.45, 7) is 2.89. The summed E-state index contributed by atoms with van der Waals surface area (Å²) < 4.78 is 5.85. The lowest BCUT2D eigenvalue weighted by molar-refractivity contribution is 0.451. The molecule has 1 heterocycles. The van der Waals surface area contributed by atoms with Gasteiger partial charge in [0.05, 0.1) is 6.04 Å². The number of benzene rings is 2. The molecule has 102 valence electrons. The first kappa shape index (κ1) is 13.2. The number of nitrogens with one attached hydrogen (secondary N) is 1. The van der Waals surface area contributed by atoms with Crippen molar-refractivity contribution in [3.8, 4) is 0 Å². The standard InChI is InChI=1S/C17H16ClNO/c1-12(19-11-13-6-8-15(18)9-7-13)17-10-14-4-2-3-5-16(14)20-17/h2-10,12,19H,11H2,1H3. The number of hydrogen-bond acceptors (Lipinski definition) is 2. The molecule has 0 saturated heterocycles. The number of furan rings is 1. The normalized spacial score (nSPS) is 12.7. The lowest BCUT2D eigenvalue weighted by atomic mass is 10.2. The van der Waals surface area contributed by atoms with Crippen molar-refractivity contribution in [2.45, 2.75) is 19.5 Å². The first-order valence-corrected chi connectivity index (χ1v) is 7.06. The lowest BCUT2D eigenvalue weighted by Gasteiger charge is -2.11. The average Bonchev–Trinajstić information content (AvgIpc) is 2.90. The summed E-state index contributed by atoms with van der Waals surface area (Å²) in [5.74, 6) is 0.958. The maximum absolute atomic E-state index is 5.88. The molecular formula is C17H16ClNO. The molecule has 1 N–H and O–H groups in total. The zero-order valence-corrected chi connectivity index (χ0v) is 12.0. The minimum absolute atomic E-state index is 0.165. The second-order valence-corrected chi connectivity index (χ2v) is 5.35.